The van der Waals surface area contributed by atoms with Gasteiger partial charge in [-0.3, -0.25) is 11.3 Å². The summed E-state index contributed by atoms with van der Waals surface area (Å²) in [5.41, 5.74) is 5.28. The predicted molar refractivity (Wildman–Crippen MR) is 85.5 cm³/mol. The van der Waals surface area contributed by atoms with Crippen molar-refractivity contribution in [2.45, 2.75) is 65.0 Å². The Hall–Kier alpha value is -0.900. The predicted octanol–water partition coefficient (Wildman–Crippen LogP) is 3.69. The summed E-state index contributed by atoms with van der Waals surface area (Å²) >= 11 is 0. The number of hydrogen-bond acceptors (Lipinski definition) is 3. The molecule has 0 aliphatic rings. The summed E-state index contributed by atoms with van der Waals surface area (Å²) in [6, 6.07) is 8.65. The Balaban J connectivity index is 3.07. The molecule has 2 unspecified atom stereocenters. The Kier molecular flexibility index (Phi) is 5.75. The van der Waals surface area contributed by atoms with Crippen molar-refractivity contribution in [2.75, 3.05) is 6.61 Å². The molecular weight excluding hydrogens is 248 g/mol. The molecule has 3 N–H and O–H groups in total. The van der Waals surface area contributed by atoms with E-state index in [1.165, 1.54) is 11.1 Å². The zero-order valence-corrected chi connectivity index (χ0v) is 13.8. The van der Waals surface area contributed by atoms with Gasteiger partial charge in [0.05, 0.1) is 11.6 Å². The lowest BCUT2D eigenvalue weighted by atomic mass is 9.83. The largest absolute Gasteiger partial charge is 0.374 e. The molecule has 0 fully saturated rings. The lowest BCUT2D eigenvalue weighted by Gasteiger charge is -2.37. The normalized spacial score (nSPS) is 16.8. The van der Waals surface area contributed by atoms with Crippen LogP contribution in [-0.2, 0) is 10.2 Å². The molecule has 3 heteroatoms. The van der Waals surface area contributed by atoms with Gasteiger partial charge in [0, 0.05) is 6.61 Å². The Bertz CT molecular complexity index is 408. The fourth-order valence-corrected chi connectivity index (χ4v) is 2.52. The number of ether oxygens (including phenoxy) is 1. The Labute approximate surface area is 123 Å². The number of hydrogen-bond donors (Lipinski definition) is 2. The molecule has 0 amide bonds. The molecule has 3 nitrogen and oxygen atoms in total. The van der Waals surface area contributed by atoms with Gasteiger partial charge in [0.2, 0.25) is 0 Å². The first-order valence-corrected chi connectivity index (χ1v) is 7.49. The van der Waals surface area contributed by atoms with Gasteiger partial charge in [-0.25, -0.2) is 0 Å². The zero-order chi connectivity index (χ0) is 15.4. The summed E-state index contributed by atoms with van der Waals surface area (Å²) < 4.78 is 5.94. The fraction of sp³-hybridized carbons (Fsp3) is 0.647. The van der Waals surface area contributed by atoms with Gasteiger partial charge in [0.1, 0.15) is 0 Å². The van der Waals surface area contributed by atoms with Crippen LogP contribution >= 0.6 is 0 Å². The van der Waals surface area contributed by atoms with Gasteiger partial charge >= 0.3 is 0 Å². The van der Waals surface area contributed by atoms with E-state index < -0.39 is 0 Å². The molecule has 0 spiro atoms. The summed E-state index contributed by atoms with van der Waals surface area (Å²) in [7, 11) is 0. The first kappa shape index (κ1) is 17.2. The fourth-order valence-electron chi connectivity index (χ4n) is 2.52. The lowest BCUT2D eigenvalue weighted by Crippen LogP contribution is -2.46. The van der Waals surface area contributed by atoms with Crippen LogP contribution in [0, 0.1) is 0 Å². The number of rotatable bonds is 6. The molecule has 0 radical (unpaired) electrons. The van der Waals surface area contributed by atoms with Crippen molar-refractivity contribution >= 4 is 0 Å². The maximum absolute atomic E-state index is 5.94. The molecule has 0 saturated heterocycles. The van der Waals surface area contributed by atoms with Crippen LogP contribution in [-0.4, -0.2) is 12.2 Å². The minimum absolute atomic E-state index is 0.0125. The maximum atomic E-state index is 5.94. The van der Waals surface area contributed by atoms with Gasteiger partial charge in [0.15, 0.2) is 0 Å². The molecule has 1 aromatic carbocycles. The summed E-state index contributed by atoms with van der Waals surface area (Å²) in [5, 5.41) is 0. The van der Waals surface area contributed by atoms with E-state index in [2.05, 4.69) is 64.3 Å². The van der Waals surface area contributed by atoms with Crippen molar-refractivity contribution in [1.29, 1.82) is 0 Å². The number of nitrogens with two attached hydrogens (primary N) is 1. The molecule has 1 rings (SSSR count). The maximum Gasteiger partial charge on any atom is 0.0858 e. The molecule has 0 aromatic heterocycles. The highest BCUT2D eigenvalue weighted by molar-refractivity contribution is 5.30. The van der Waals surface area contributed by atoms with Crippen molar-refractivity contribution in [3.05, 3.63) is 35.4 Å². The van der Waals surface area contributed by atoms with Crippen molar-refractivity contribution in [1.82, 2.24) is 5.43 Å². The smallest absolute Gasteiger partial charge is 0.0858 e. The number of benzene rings is 1. The average molecular weight is 278 g/mol. The molecule has 0 aliphatic carbocycles. The molecule has 0 saturated carbocycles. The summed E-state index contributed by atoms with van der Waals surface area (Å²) in [5.74, 6) is 5.79. The van der Waals surface area contributed by atoms with E-state index in [-0.39, 0.29) is 17.1 Å². The molecule has 0 heterocycles. The average Bonchev–Trinajstić information content (AvgIpc) is 2.39. The standard InChI is InChI=1S/C17H30N2O/c1-7-17(6,20-8-2)15(19-18)13-9-11-14(12-10-13)16(3,4)5/h9-12,15,19H,7-8,18H2,1-6H3. The molecular formula is C17H30N2O. The molecule has 114 valence electrons. The minimum atomic E-state index is -0.299. The monoisotopic (exact) mass is 278 g/mol. The molecule has 0 aliphatic heterocycles. The molecule has 2 atom stereocenters. The zero-order valence-electron chi connectivity index (χ0n) is 13.8. The van der Waals surface area contributed by atoms with Crippen LogP contribution in [0.4, 0.5) is 0 Å². The van der Waals surface area contributed by atoms with Crippen LogP contribution in [0.2, 0.25) is 0 Å². The number of hydrazine groups is 1. The van der Waals surface area contributed by atoms with Crippen molar-refractivity contribution < 1.29 is 4.74 Å². The Morgan fingerprint density at radius 3 is 2.00 bits per heavy atom. The van der Waals surface area contributed by atoms with E-state index in [0.29, 0.717) is 6.61 Å². The second kappa shape index (κ2) is 6.70. The van der Waals surface area contributed by atoms with E-state index in [9.17, 15) is 0 Å². The SMILES string of the molecule is CCOC(C)(CC)C(NN)c1ccc(C(C)(C)C)cc1. The second-order valence-corrected chi connectivity index (χ2v) is 6.57. The van der Waals surface area contributed by atoms with E-state index >= 15 is 0 Å². The molecule has 20 heavy (non-hydrogen) atoms. The second-order valence-electron chi connectivity index (χ2n) is 6.57. The highest BCUT2D eigenvalue weighted by atomic mass is 16.5. The quantitative estimate of drug-likeness (QED) is 0.616. The van der Waals surface area contributed by atoms with Crippen LogP contribution < -0.4 is 11.3 Å². The third-order valence-corrected chi connectivity index (χ3v) is 4.06. The highest BCUT2D eigenvalue weighted by Crippen LogP contribution is 2.33. The topological polar surface area (TPSA) is 47.3 Å². The van der Waals surface area contributed by atoms with E-state index in [0.717, 1.165) is 6.42 Å². The third kappa shape index (κ3) is 3.81. The first-order valence-electron chi connectivity index (χ1n) is 7.49. The van der Waals surface area contributed by atoms with Crippen LogP contribution in [0.25, 0.3) is 0 Å². The van der Waals surface area contributed by atoms with E-state index in [1.54, 1.807) is 0 Å². The van der Waals surface area contributed by atoms with Crippen LogP contribution in [0.3, 0.4) is 0 Å². The van der Waals surface area contributed by atoms with Gasteiger partial charge in [0.25, 0.3) is 0 Å². The van der Waals surface area contributed by atoms with Gasteiger partial charge in [-0.15, -0.1) is 0 Å². The molecule has 0 bridgehead atoms. The van der Waals surface area contributed by atoms with Crippen molar-refractivity contribution in [2.24, 2.45) is 5.84 Å². The first-order chi connectivity index (χ1) is 9.28. The number of nitrogens with one attached hydrogen (secondary N) is 1. The summed E-state index contributed by atoms with van der Waals surface area (Å²) in [4.78, 5) is 0. The third-order valence-electron chi connectivity index (χ3n) is 4.06. The lowest BCUT2D eigenvalue weighted by molar-refractivity contribution is -0.0564. The van der Waals surface area contributed by atoms with E-state index in [4.69, 9.17) is 10.6 Å². The van der Waals surface area contributed by atoms with Crippen molar-refractivity contribution in [3.63, 3.8) is 0 Å². The molecule has 1 aromatic rings. The summed E-state index contributed by atoms with van der Waals surface area (Å²) in [6.45, 7) is 13.6. The minimum Gasteiger partial charge on any atom is -0.374 e. The van der Waals surface area contributed by atoms with Gasteiger partial charge in [-0.1, -0.05) is 52.0 Å². The Morgan fingerprint density at radius 1 is 1.10 bits per heavy atom. The van der Waals surface area contributed by atoms with Crippen LogP contribution in [0.5, 0.6) is 0 Å². The van der Waals surface area contributed by atoms with Gasteiger partial charge < -0.3 is 4.74 Å². The summed E-state index contributed by atoms with van der Waals surface area (Å²) in [6.07, 6.45) is 0.900. The highest BCUT2D eigenvalue weighted by Gasteiger charge is 2.34. The Morgan fingerprint density at radius 2 is 1.65 bits per heavy atom. The van der Waals surface area contributed by atoms with Gasteiger partial charge in [-0.2, -0.15) is 0 Å². The van der Waals surface area contributed by atoms with Gasteiger partial charge in [-0.05, 0) is 36.8 Å². The van der Waals surface area contributed by atoms with Crippen LogP contribution in [0.1, 0.15) is 65.1 Å². The van der Waals surface area contributed by atoms with Crippen molar-refractivity contribution in [3.8, 4) is 0 Å². The van der Waals surface area contributed by atoms with Crippen LogP contribution in [0.15, 0.2) is 24.3 Å². The van der Waals surface area contributed by atoms with E-state index in [1.807, 2.05) is 6.92 Å².